The molecule has 1 aromatic heterocycles. The summed E-state index contributed by atoms with van der Waals surface area (Å²) in [5, 5.41) is 11.7. The second-order valence-corrected chi connectivity index (χ2v) is 6.44. The molecule has 1 N–H and O–H groups in total. The van der Waals surface area contributed by atoms with Gasteiger partial charge in [-0.05, 0) is 37.7 Å². The summed E-state index contributed by atoms with van der Waals surface area (Å²) in [7, 11) is 1.90. The number of aromatic nitrogens is 1. The summed E-state index contributed by atoms with van der Waals surface area (Å²) >= 11 is 0. The number of pyridine rings is 1. The normalized spacial score (nSPS) is 14.7. The lowest BCUT2D eigenvalue weighted by Crippen LogP contribution is -2.36. The lowest BCUT2D eigenvalue weighted by atomic mass is 10.2. The van der Waals surface area contributed by atoms with Crippen LogP contribution in [-0.2, 0) is 11.3 Å². The molecule has 0 unspecified atom stereocenters. The van der Waals surface area contributed by atoms with E-state index in [0.717, 1.165) is 49.9 Å². The Bertz CT molecular complexity index is 760. The lowest BCUT2D eigenvalue weighted by Gasteiger charge is -2.29. The van der Waals surface area contributed by atoms with Crippen molar-refractivity contribution in [2.24, 2.45) is 10.2 Å². The SMILES string of the molecule is CNCCOc1cc(N2CCOCC2)cc(CN=Nc2cccc(C)c2)n1. The minimum atomic E-state index is 0.411. The van der Waals surface area contributed by atoms with Gasteiger partial charge in [0.25, 0.3) is 0 Å². The van der Waals surface area contributed by atoms with Crippen molar-refractivity contribution in [3.05, 3.63) is 47.7 Å². The maximum Gasteiger partial charge on any atom is 0.215 e. The fourth-order valence-electron chi connectivity index (χ4n) is 2.84. The highest BCUT2D eigenvalue weighted by atomic mass is 16.5. The van der Waals surface area contributed by atoms with Gasteiger partial charge >= 0.3 is 0 Å². The molecule has 2 heterocycles. The van der Waals surface area contributed by atoms with E-state index < -0.39 is 0 Å². The van der Waals surface area contributed by atoms with Gasteiger partial charge in [-0.3, -0.25) is 0 Å². The third-order valence-electron chi connectivity index (χ3n) is 4.24. The number of nitrogens with one attached hydrogen (secondary N) is 1. The van der Waals surface area contributed by atoms with E-state index in [1.54, 1.807) is 0 Å². The molecule has 0 radical (unpaired) electrons. The molecule has 0 saturated carbocycles. The molecule has 1 fully saturated rings. The molecular formula is C20H27N5O2. The molecule has 0 amide bonds. The lowest BCUT2D eigenvalue weighted by molar-refractivity contribution is 0.122. The summed E-state index contributed by atoms with van der Waals surface area (Å²) in [6.45, 7) is 7.00. The van der Waals surface area contributed by atoms with Crippen LogP contribution in [0.15, 0.2) is 46.6 Å². The highest BCUT2D eigenvalue weighted by Gasteiger charge is 2.14. The van der Waals surface area contributed by atoms with Gasteiger partial charge in [-0.1, -0.05) is 12.1 Å². The number of likely N-dealkylation sites (N-methyl/N-ethyl adjacent to an activating group) is 1. The van der Waals surface area contributed by atoms with Crippen LogP contribution in [0.25, 0.3) is 0 Å². The Morgan fingerprint density at radius 2 is 2.07 bits per heavy atom. The van der Waals surface area contributed by atoms with Crippen LogP contribution in [0.2, 0.25) is 0 Å². The van der Waals surface area contributed by atoms with Crippen molar-refractivity contribution in [2.75, 3.05) is 51.4 Å². The number of hydrogen-bond donors (Lipinski definition) is 1. The molecule has 1 aromatic carbocycles. The van der Waals surface area contributed by atoms with Crippen LogP contribution in [-0.4, -0.2) is 51.5 Å². The number of azo groups is 1. The zero-order chi connectivity index (χ0) is 18.9. The fourth-order valence-corrected chi connectivity index (χ4v) is 2.84. The zero-order valence-electron chi connectivity index (χ0n) is 16.0. The summed E-state index contributed by atoms with van der Waals surface area (Å²) in [6, 6.07) is 12.0. The summed E-state index contributed by atoms with van der Waals surface area (Å²) in [5.41, 5.74) is 3.95. The quantitative estimate of drug-likeness (QED) is 0.572. The molecule has 7 nitrogen and oxygen atoms in total. The number of aryl methyl sites for hydroxylation is 1. The minimum absolute atomic E-state index is 0.411. The molecule has 1 aliphatic heterocycles. The molecule has 0 aliphatic carbocycles. The Morgan fingerprint density at radius 1 is 1.22 bits per heavy atom. The molecule has 27 heavy (non-hydrogen) atoms. The highest BCUT2D eigenvalue weighted by molar-refractivity contribution is 5.50. The van der Waals surface area contributed by atoms with Gasteiger partial charge in [-0.2, -0.15) is 10.2 Å². The van der Waals surface area contributed by atoms with Gasteiger partial charge in [0.15, 0.2) is 0 Å². The van der Waals surface area contributed by atoms with Crippen LogP contribution in [0.4, 0.5) is 11.4 Å². The van der Waals surface area contributed by atoms with E-state index in [1.807, 2.05) is 44.3 Å². The van der Waals surface area contributed by atoms with E-state index in [9.17, 15) is 0 Å². The third-order valence-corrected chi connectivity index (χ3v) is 4.24. The molecule has 0 bridgehead atoms. The second-order valence-electron chi connectivity index (χ2n) is 6.44. The average Bonchev–Trinajstić information content (AvgIpc) is 2.69. The Labute approximate surface area is 160 Å². The number of benzene rings is 1. The summed E-state index contributed by atoms with van der Waals surface area (Å²) in [4.78, 5) is 6.88. The zero-order valence-corrected chi connectivity index (χ0v) is 16.0. The molecular weight excluding hydrogens is 342 g/mol. The fraction of sp³-hybridized carbons (Fsp3) is 0.450. The largest absolute Gasteiger partial charge is 0.476 e. The monoisotopic (exact) mass is 369 g/mol. The van der Waals surface area contributed by atoms with E-state index in [2.05, 4.69) is 31.5 Å². The van der Waals surface area contributed by atoms with Crippen LogP contribution in [0, 0.1) is 6.92 Å². The summed E-state index contributed by atoms with van der Waals surface area (Å²) in [6.07, 6.45) is 0. The Kier molecular flexibility index (Phi) is 7.12. The Hall–Kier alpha value is -2.51. The molecule has 1 saturated heterocycles. The Balaban J connectivity index is 1.74. The van der Waals surface area contributed by atoms with Gasteiger partial charge in [0.2, 0.25) is 5.88 Å². The van der Waals surface area contributed by atoms with Crippen LogP contribution < -0.4 is 15.0 Å². The van der Waals surface area contributed by atoms with Crippen LogP contribution >= 0.6 is 0 Å². The third kappa shape index (κ3) is 6.01. The van der Waals surface area contributed by atoms with E-state index in [0.29, 0.717) is 19.0 Å². The Morgan fingerprint density at radius 3 is 2.85 bits per heavy atom. The van der Waals surface area contributed by atoms with Crippen molar-refractivity contribution in [2.45, 2.75) is 13.5 Å². The second kappa shape index (κ2) is 9.99. The first-order valence-electron chi connectivity index (χ1n) is 9.30. The first-order chi connectivity index (χ1) is 13.2. The average molecular weight is 369 g/mol. The maximum absolute atomic E-state index is 5.80. The minimum Gasteiger partial charge on any atom is -0.476 e. The van der Waals surface area contributed by atoms with Gasteiger partial charge < -0.3 is 19.7 Å². The number of morpholine rings is 1. The number of nitrogens with zero attached hydrogens (tertiary/aromatic N) is 4. The van der Waals surface area contributed by atoms with Gasteiger partial charge in [-0.25, -0.2) is 4.98 Å². The number of ether oxygens (including phenoxy) is 2. The van der Waals surface area contributed by atoms with Crippen LogP contribution in [0.3, 0.4) is 0 Å². The van der Waals surface area contributed by atoms with Crippen molar-refractivity contribution in [1.29, 1.82) is 0 Å². The van der Waals surface area contributed by atoms with Gasteiger partial charge in [0.1, 0.15) is 13.2 Å². The first-order valence-corrected chi connectivity index (χ1v) is 9.30. The van der Waals surface area contributed by atoms with E-state index >= 15 is 0 Å². The number of anilines is 1. The standard InChI is InChI=1S/C20H27N5O2/c1-16-4-3-5-17(12-16)24-22-15-18-13-19(25-7-10-26-11-8-25)14-20(23-18)27-9-6-21-2/h3-5,12-14,21H,6-11,15H2,1-2H3. The van der Waals surface area contributed by atoms with Crippen molar-refractivity contribution in [3.63, 3.8) is 0 Å². The summed E-state index contributed by atoms with van der Waals surface area (Å²) < 4.78 is 11.2. The van der Waals surface area contributed by atoms with Crippen molar-refractivity contribution in [3.8, 4) is 5.88 Å². The van der Waals surface area contributed by atoms with Gasteiger partial charge in [0.05, 0.1) is 24.6 Å². The van der Waals surface area contributed by atoms with E-state index in [4.69, 9.17) is 9.47 Å². The first kappa shape index (κ1) is 19.3. The van der Waals surface area contributed by atoms with Gasteiger partial charge in [0, 0.05) is 31.4 Å². The van der Waals surface area contributed by atoms with Crippen molar-refractivity contribution >= 4 is 11.4 Å². The molecule has 3 rings (SSSR count). The van der Waals surface area contributed by atoms with Gasteiger partial charge in [-0.15, -0.1) is 0 Å². The molecule has 0 atom stereocenters. The smallest absolute Gasteiger partial charge is 0.215 e. The molecule has 1 aliphatic rings. The molecule has 7 heteroatoms. The number of hydrogen-bond acceptors (Lipinski definition) is 7. The maximum atomic E-state index is 5.80. The highest BCUT2D eigenvalue weighted by Crippen LogP contribution is 2.23. The van der Waals surface area contributed by atoms with Crippen molar-refractivity contribution in [1.82, 2.24) is 10.3 Å². The van der Waals surface area contributed by atoms with E-state index in [1.165, 1.54) is 5.56 Å². The topological polar surface area (TPSA) is 71.3 Å². The predicted octanol–water partition coefficient (Wildman–Crippen LogP) is 3.11. The molecule has 144 valence electrons. The summed E-state index contributed by atoms with van der Waals surface area (Å²) in [5.74, 6) is 0.620. The van der Waals surface area contributed by atoms with Crippen LogP contribution in [0.5, 0.6) is 5.88 Å². The predicted molar refractivity (Wildman–Crippen MR) is 106 cm³/mol. The number of rotatable bonds is 8. The van der Waals surface area contributed by atoms with Crippen molar-refractivity contribution < 1.29 is 9.47 Å². The van der Waals surface area contributed by atoms with Crippen LogP contribution in [0.1, 0.15) is 11.3 Å². The molecule has 0 spiro atoms. The van der Waals surface area contributed by atoms with E-state index in [-0.39, 0.29) is 0 Å². The molecule has 2 aromatic rings.